The molecular formula is C27H29ClFN5O4. The minimum Gasteiger partial charge on any atom is -0.380 e. The molecule has 1 spiro atoms. The first-order valence-corrected chi connectivity index (χ1v) is 13.2. The third kappa shape index (κ3) is 3.93. The number of methoxy groups -OCH3 is 1. The highest BCUT2D eigenvalue weighted by molar-refractivity contribution is 6.32. The van der Waals surface area contributed by atoms with Crippen LogP contribution in [0, 0.1) is 5.82 Å². The average molecular weight is 542 g/mol. The fraction of sp³-hybridized carbons (Fsp3) is 0.444. The fourth-order valence-corrected chi connectivity index (χ4v) is 6.60. The first-order chi connectivity index (χ1) is 18.3. The van der Waals surface area contributed by atoms with Crippen LogP contribution in [-0.4, -0.2) is 89.1 Å². The summed E-state index contributed by atoms with van der Waals surface area (Å²) in [6.07, 6.45) is 2.11. The molecule has 3 aliphatic heterocycles. The molecule has 2 fully saturated rings. The Kier molecular flexibility index (Phi) is 6.28. The Labute approximate surface area is 224 Å². The van der Waals surface area contributed by atoms with Gasteiger partial charge in [0.15, 0.2) is 0 Å². The lowest BCUT2D eigenvalue weighted by atomic mass is 9.72. The number of carbonyl (C=O) groups excluding carboxylic acids is 2. The number of likely N-dealkylation sites (tertiary alicyclic amines) is 2. The van der Waals surface area contributed by atoms with Gasteiger partial charge >= 0.3 is 0 Å². The van der Waals surface area contributed by atoms with E-state index < -0.39 is 17.5 Å². The summed E-state index contributed by atoms with van der Waals surface area (Å²) < 4.78 is 20.1. The number of anilines is 1. The molecule has 6 rings (SSSR count). The molecule has 0 saturated carbocycles. The number of benzene rings is 2. The van der Waals surface area contributed by atoms with Crippen molar-refractivity contribution >= 4 is 40.0 Å². The maximum Gasteiger partial charge on any atom is 0.253 e. The quantitative estimate of drug-likeness (QED) is 0.527. The van der Waals surface area contributed by atoms with Crippen molar-refractivity contribution in [3.8, 4) is 0 Å². The molecule has 3 aromatic rings. The molecule has 200 valence electrons. The maximum atomic E-state index is 14.7. The number of nitrogens with zero attached hydrogens (tertiary/aromatic N) is 4. The molecule has 2 N–H and O–H groups in total. The summed E-state index contributed by atoms with van der Waals surface area (Å²) in [4.78, 5) is 31.6. The van der Waals surface area contributed by atoms with Crippen LogP contribution >= 0.6 is 11.6 Å². The molecule has 2 atom stereocenters. The van der Waals surface area contributed by atoms with Gasteiger partial charge in [-0.05, 0) is 49.6 Å². The van der Waals surface area contributed by atoms with Crippen molar-refractivity contribution in [2.24, 2.45) is 0 Å². The number of ether oxygens (including phenoxy) is 1. The van der Waals surface area contributed by atoms with E-state index in [1.165, 1.54) is 6.07 Å². The molecule has 11 heteroatoms. The molecular weight excluding hydrogens is 513 g/mol. The van der Waals surface area contributed by atoms with Gasteiger partial charge in [-0.3, -0.25) is 14.7 Å². The Bertz CT molecular complexity index is 1410. The minimum atomic E-state index is -1.08. The fourth-order valence-electron chi connectivity index (χ4n) is 6.25. The highest BCUT2D eigenvalue weighted by Crippen LogP contribution is 2.53. The van der Waals surface area contributed by atoms with Crippen molar-refractivity contribution in [3.63, 3.8) is 0 Å². The first kappa shape index (κ1) is 25.1. The number of hydrogen-bond donors (Lipinski definition) is 2. The van der Waals surface area contributed by atoms with Gasteiger partial charge in [-0.15, -0.1) is 0 Å². The number of aliphatic hydroxyl groups excluding tert-OH is 1. The van der Waals surface area contributed by atoms with Crippen LogP contribution < -0.4 is 4.90 Å². The van der Waals surface area contributed by atoms with E-state index in [0.717, 1.165) is 17.3 Å². The molecule has 0 aliphatic carbocycles. The smallest absolute Gasteiger partial charge is 0.253 e. The zero-order chi connectivity index (χ0) is 26.6. The van der Waals surface area contributed by atoms with Crippen LogP contribution in [0.5, 0.6) is 0 Å². The van der Waals surface area contributed by atoms with Crippen LogP contribution in [0.15, 0.2) is 36.5 Å². The zero-order valence-corrected chi connectivity index (χ0v) is 21.7. The molecule has 9 nitrogen and oxygen atoms in total. The van der Waals surface area contributed by atoms with Crippen molar-refractivity contribution in [1.82, 2.24) is 20.0 Å². The monoisotopic (exact) mass is 541 g/mol. The Morgan fingerprint density at radius 2 is 2.00 bits per heavy atom. The summed E-state index contributed by atoms with van der Waals surface area (Å²) in [7, 11) is 1.63. The molecule has 2 amide bonds. The Hall–Kier alpha value is -3.21. The van der Waals surface area contributed by atoms with Gasteiger partial charge in [0.25, 0.3) is 5.91 Å². The molecule has 3 aliphatic rings. The third-order valence-corrected chi connectivity index (χ3v) is 8.81. The third-order valence-electron chi connectivity index (χ3n) is 8.44. The Morgan fingerprint density at radius 1 is 1.21 bits per heavy atom. The lowest BCUT2D eigenvalue weighted by Gasteiger charge is -2.43. The van der Waals surface area contributed by atoms with Gasteiger partial charge in [-0.1, -0.05) is 11.6 Å². The summed E-state index contributed by atoms with van der Waals surface area (Å²) in [6.45, 7) is 1.75. The predicted octanol–water partition coefficient (Wildman–Crippen LogP) is 2.92. The first-order valence-electron chi connectivity index (χ1n) is 12.8. The van der Waals surface area contributed by atoms with Crippen LogP contribution in [0.4, 0.5) is 10.1 Å². The van der Waals surface area contributed by atoms with Crippen LogP contribution in [0.3, 0.4) is 0 Å². The van der Waals surface area contributed by atoms with Crippen molar-refractivity contribution < 1.29 is 23.8 Å². The second-order valence-electron chi connectivity index (χ2n) is 10.4. The largest absolute Gasteiger partial charge is 0.380 e. The summed E-state index contributed by atoms with van der Waals surface area (Å²) in [5, 5.41) is 19.4. The highest BCUT2D eigenvalue weighted by Gasteiger charge is 2.54. The van der Waals surface area contributed by atoms with E-state index in [2.05, 4.69) is 10.2 Å². The normalized spacial score (nSPS) is 22.5. The second-order valence-corrected chi connectivity index (χ2v) is 10.7. The van der Waals surface area contributed by atoms with Gasteiger partial charge < -0.3 is 24.5 Å². The molecule has 38 heavy (non-hydrogen) atoms. The number of amides is 2. The number of aromatic amines is 1. The number of piperidine rings is 1. The van der Waals surface area contributed by atoms with Crippen molar-refractivity contribution in [2.75, 3.05) is 44.7 Å². The molecule has 4 heterocycles. The molecule has 1 aromatic heterocycles. The van der Waals surface area contributed by atoms with Crippen LogP contribution in [0.2, 0.25) is 5.02 Å². The van der Waals surface area contributed by atoms with Gasteiger partial charge in [-0.25, -0.2) is 4.39 Å². The van der Waals surface area contributed by atoms with Crippen LogP contribution in [-0.2, 0) is 14.9 Å². The Balaban J connectivity index is 1.24. The molecule has 2 saturated heterocycles. The molecule has 2 unspecified atom stereocenters. The highest BCUT2D eigenvalue weighted by atomic mass is 35.5. The number of fused-ring (bicyclic) bond motifs is 3. The van der Waals surface area contributed by atoms with Gasteiger partial charge in [0, 0.05) is 60.9 Å². The van der Waals surface area contributed by atoms with Gasteiger partial charge in [0.2, 0.25) is 5.91 Å². The lowest BCUT2D eigenvalue weighted by Crippen LogP contribution is -2.54. The SMILES string of the molecule is COC1CCN(C(=O)CN2c3ccc(F)c(Cl)c3C3(CCN(C(=O)c4ccc5[nH]ncc5c4)CC3)C2O)C1. The number of H-pyrrole nitrogens is 1. The predicted molar refractivity (Wildman–Crippen MR) is 140 cm³/mol. The maximum absolute atomic E-state index is 14.7. The van der Waals surface area contributed by atoms with Crippen molar-refractivity contribution in [2.45, 2.75) is 37.0 Å². The number of rotatable bonds is 4. The van der Waals surface area contributed by atoms with E-state index >= 15 is 0 Å². The van der Waals surface area contributed by atoms with E-state index in [4.69, 9.17) is 16.3 Å². The van der Waals surface area contributed by atoms with Crippen LogP contribution in [0.1, 0.15) is 35.2 Å². The lowest BCUT2D eigenvalue weighted by molar-refractivity contribution is -0.129. The minimum absolute atomic E-state index is 0.000653. The molecule has 0 bridgehead atoms. The van der Waals surface area contributed by atoms with Crippen LogP contribution in [0.25, 0.3) is 10.9 Å². The van der Waals surface area contributed by atoms with Gasteiger partial charge in [0.05, 0.1) is 29.4 Å². The second kappa shape index (κ2) is 9.52. The van der Waals surface area contributed by atoms with Crippen molar-refractivity contribution in [3.05, 3.63) is 58.5 Å². The average Bonchev–Trinajstić information content (AvgIpc) is 3.65. The van der Waals surface area contributed by atoms with E-state index in [1.807, 2.05) is 6.07 Å². The molecule has 2 aromatic carbocycles. The van der Waals surface area contributed by atoms with E-state index in [0.29, 0.717) is 55.8 Å². The number of aliphatic hydroxyl groups is 1. The number of hydrogen-bond acceptors (Lipinski definition) is 6. The summed E-state index contributed by atoms with van der Waals surface area (Å²) in [5.41, 5.74) is 1.58. The van der Waals surface area contributed by atoms with Crippen molar-refractivity contribution in [1.29, 1.82) is 0 Å². The number of halogens is 2. The number of carbonyl (C=O) groups is 2. The summed E-state index contributed by atoms with van der Waals surface area (Å²) in [5.74, 6) is -0.816. The van der Waals surface area contributed by atoms with Gasteiger partial charge in [-0.2, -0.15) is 5.10 Å². The summed E-state index contributed by atoms with van der Waals surface area (Å²) in [6, 6.07) is 8.24. The zero-order valence-electron chi connectivity index (χ0n) is 21.0. The Morgan fingerprint density at radius 3 is 2.74 bits per heavy atom. The standard InChI is InChI=1S/C27H29ClFN5O4/c1-38-18-6-9-33(14-18)22(35)15-34-21-5-3-19(29)24(28)23(21)27(26(34)37)7-10-32(11-8-27)25(36)16-2-4-20-17(12-16)13-30-31-20/h2-5,12-13,18,26,37H,6-11,14-15H2,1H3,(H,30,31). The number of aromatic nitrogens is 2. The summed E-state index contributed by atoms with van der Waals surface area (Å²) >= 11 is 6.52. The topological polar surface area (TPSA) is 102 Å². The molecule has 0 radical (unpaired) electrons. The number of nitrogens with one attached hydrogen (secondary N) is 1. The van der Waals surface area contributed by atoms with Gasteiger partial charge in [0.1, 0.15) is 12.0 Å². The van der Waals surface area contributed by atoms with E-state index in [9.17, 15) is 19.1 Å². The van der Waals surface area contributed by atoms with E-state index in [1.54, 1.807) is 46.2 Å². The van der Waals surface area contributed by atoms with E-state index in [-0.39, 0.29) is 29.5 Å².